The maximum absolute atomic E-state index is 11.4. The zero-order valence-corrected chi connectivity index (χ0v) is 10.4. The molecule has 0 aliphatic rings. The summed E-state index contributed by atoms with van der Waals surface area (Å²) in [6.45, 7) is 0. The molecule has 20 heavy (non-hydrogen) atoms. The highest BCUT2D eigenvalue weighted by molar-refractivity contribution is 7.86. The average molecular weight is 295 g/mol. The second kappa shape index (κ2) is 3.95. The van der Waals surface area contributed by atoms with Gasteiger partial charge in [0.2, 0.25) is 0 Å². The zero-order valence-electron chi connectivity index (χ0n) is 9.55. The maximum Gasteiger partial charge on any atom is 0.295 e. The molecule has 0 bridgehead atoms. The lowest BCUT2D eigenvalue weighted by Crippen LogP contribution is -2.00. The van der Waals surface area contributed by atoms with Crippen LogP contribution in [0.5, 0.6) is 0 Å². The van der Waals surface area contributed by atoms with Gasteiger partial charge in [0.25, 0.3) is 15.8 Å². The van der Waals surface area contributed by atoms with E-state index in [9.17, 15) is 23.1 Å². The van der Waals surface area contributed by atoms with Gasteiger partial charge in [0.1, 0.15) is 10.4 Å². The lowest BCUT2D eigenvalue weighted by atomic mass is 10.1. The molecule has 0 aliphatic carbocycles. The number of fused-ring (bicyclic) bond motifs is 3. The van der Waals surface area contributed by atoms with E-state index in [1.165, 1.54) is 12.1 Å². The third-order valence-electron chi connectivity index (χ3n) is 2.79. The van der Waals surface area contributed by atoms with Gasteiger partial charge in [0.05, 0.1) is 4.92 Å². The molecule has 0 atom stereocenters. The Morgan fingerprint density at radius 1 is 1.25 bits per heavy atom. The number of nitro benzene ring substituents is 1. The minimum absolute atomic E-state index is 0.0232. The summed E-state index contributed by atoms with van der Waals surface area (Å²) < 4.78 is 36.8. The lowest BCUT2D eigenvalue weighted by molar-refractivity contribution is -0.384. The molecule has 0 spiro atoms. The van der Waals surface area contributed by atoms with Crippen molar-refractivity contribution in [3.63, 3.8) is 0 Å². The SMILES string of the molecule is O=[N+]([O-])c1ccc2c(c1)c(S(=O)(=O)O)cc1onnc12. The van der Waals surface area contributed by atoms with E-state index in [1.54, 1.807) is 0 Å². The van der Waals surface area contributed by atoms with Crippen LogP contribution in [0.2, 0.25) is 0 Å². The van der Waals surface area contributed by atoms with Gasteiger partial charge in [-0.2, -0.15) is 8.42 Å². The van der Waals surface area contributed by atoms with Crippen LogP contribution in [0.4, 0.5) is 5.69 Å². The van der Waals surface area contributed by atoms with Gasteiger partial charge in [0.15, 0.2) is 5.58 Å². The number of nitro groups is 1. The topological polar surface area (TPSA) is 136 Å². The second-order valence-corrected chi connectivity index (χ2v) is 5.35. The summed E-state index contributed by atoms with van der Waals surface area (Å²) in [6, 6.07) is 4.60. The first-order valence-corrected chi connectivity index (χ1v) is 6.62. The maximum atomic E-state index is 11.4. The van der Waals surface area contributed by atoms with Crippen LogP contribution in [0.3, 0.4) is 0 Å². The number of aromatic nitrogens is 2. The lowest BCUT2D eigenvalue weighted by Gasteiger charge is -2.03. The molecule has 3 aromatic rings. The van der Waals surface area contributed by atoms with Gasteiger partial charge in [-0.3, -0.25) is 14.7 Å². The van der Waals surface area contributed by atoms with Crippen LogP contribution in [0.15, 0.2) is 33.7 Å². The molecule has 1 heterocycles. The van der Waals surface area contributed by atoms with Gasteiger partial charge in [-0.1, -0.05) is 0 Å². The van der Waals surface area contributed by atoms with E-state index in [4.69, 9.17) is 4.52 Å². The van der Waals surface area contributed by atoms with E-state index in [2.05, 4.69) is 10.4 Å². The van der Waals surface area contributed by atoms with Gasteiger partial charge in [-0.05, 0) is 6.07 Å². The van der Waals surface area contributed by atoms with Crippen molar-refractivity contribution in [1.29, 1.82) is 0 Å². The number of nitrogens with zero attached hydrogens (tertiary/aromatic N) is 3. The minimum atomic E-state index is -4.58. The Morgan fingerprint density at radius 3 is 2.65 bits per heavy atom. The van der Waals surface area contributed by atoms with Gasteiger partial charge in [-0.25, -0.2) is 0 Å². The summed E-state index contributed by atoms with van der Waals surface area (Å²) in [7, 11) is -4.58. The standard InChI is InChI=1S/C10H5N3O6S/c14-13(15)5-1-2-6-7(3-5)9(20(16,17)18)4-8-10(6)11-12-19-8/h1-4H,(H,16,17,18). The Kier molecular flexibility index (Phi) is 2.46. The molecule has 0 saturated carbocycles. The Bertz CT molecular complexity index is 962. The first-order valence-electron chi connectivity index (χ1n) is 5.18. The van der Waals surface area contributed by atoms with Crippen LogP contribution in [0, 0.1) is 10.1 Å². The molecular formula is C10H5N3O6S. The van der Waals surface area contributed by atoms with Crippen molar-refractivity contribution < 1.29 is 22.4 Å². The van der Waals surface area contributed by atoms with Crippen molar-refractivity contribution in [2.45, 2.75) is 4.90 Å². The van der Waals surface area contributed by atoms with E-state index in [-0.39, 0.29) is 27.6 Å². The first kappa shape index (κ1) is 12.4. The Hall–Kier alpha value is -2.59. The Labute approximate surface area is 110 Å². The van der Waals surface area contributed by atoms with E-state index in [0.29, 0.717) is 0 Å². The minimum Gasteiger partial charge on any atom is -0.337 e. The summed E-state index contributed by atoms with van der Waals surface area (Å²) >= 11 is 0. The van der Waals surface area contributed by atoms with Crippen LogP contribution in [-0.4, -0.2) is 28.3 Å². The van der Waals surface area contributed by atoms with Crippen LogP contribution < -0.4 is 0 Å². The van der Waals surface area contributed by atoms with Crippen LogP contribution in [0.25, 0.3) is 21.9 Å². The summed E-state index contributed by atoms with van der Waals surface area (Å²) in [6.07, 6.45) is 0. The molecule has 0 radical (unpaired) electrons. The van der Waals surface area contributed by atoms with Gasteiger partial charge < -0.3 is 4.52 Å². The molecule has 0 saturated heterocycles. The predicted octanol–water partition coefficient (Wildman–Crippen LogP) is 1.53. The third-order valence-corrected chi connectivity index (χ3v) is 3.68. The molecule has 3 rings (SSSR count). The van der Waals surface area contributed by atoms with Crippen molar-refractivity contribution in [2.75, 3.05) is 0 Å². The number of hydrogen-bond acceptors (Lipinski definition) is 7. The normalized spacial score (nSPS) is 12.1. The largest absolute Gasteiger partial charge is 0.337 e. The first-order chi connectivity index (χ1) is 9.38. The van der Waals surface area contributed by atoms with Gasteiger partial charge in [0, 0.05) is 34.2 Å². The highest BCUT2D eigenvalue weighted by Gasteiger charge is 2.21. The molecule has 0 unspecified atom stereocenters. The van der Waals surface area contributed by atoms with Crippen molar-refractivity contribution >= 4 is 37.7 Å². The molecule has 0 amide bonds. The molecule has 1 aromatic heterocycles. The van der Waals surface area contributed by atoms with Gasteiger partial charge in [-0.15, -0.1) is 5.10 Å². The quantitative estimate of drug-likeness (QED) is 0.427. The summed E-state index contributed by atoms with van der Waals surface area (Å²) in [5, 5.41) is 18.0. The van der Waals surface area contributed by atoms with Crippen molar-refractivity contribution in [3.05, 3.63) is 34.4 Å². The monoisotopic (exact) mass is 295 g/mol. The van der Waals surface area contributed by atoms with E-state index in [0.717, 1.165) is 12.1 Å². The van der Waals surface area contributed by atoms with E-state index >= 15 is 0 Å². The Balaban J connectivity index is 2.56. The fourth-order valence-corrected chi connectivity index (χ4v) is 2.65. The number of non-ortho nitro benzene ring substituents is 1. The fourth-order valence-electron chi connectivity index (χ4n) is 1.95. The van der Waals surface area contributed by atoms with E-state index < -0.39 is 19.9 Å². The molecule has 10 heteroatoms. The summed E-state index contributed by atoms with van der Waals surface area (Å²) in [4.78, 5) is 9.60. The van der Waals surface area contributed by atoms with Crippen molar-refractivity contribution in [3.8, 4) is 0 Å². The molecule has 9 nitrogen and oxygen atoms in total. The molecule has 0 fully saturated rings. The molecule has 102 valence electrons. The zero-order chi connectivity index (χ0) is 14.5. The highest BCUT2D eigenvalue weighted by Crippen LogP contribution is 2.32. The van der Waals surface area contributed by atoms with Crippen LogP contribution >= 0.6 is 0 Å². The molecule has 2 aromatic carbocycles. The van der Waals surface area contributed by atoms with Crippen molar-refractivity contribution in [2.24, 2.45) is 0 Å². The number of hydrogen-bond donors (Lipinski definition) is 1. The third kappa shape index (κ3) is 1.78. The summed E-state index contributed by atoms with van der Waals surface area (Å²) in [5.41, 5.74) is -0.000481. The smallest absolute Gasteiger partial charge is 0.295 e. The molecular weight excluding hydrogens is 290 g/mol. The van der Waals surface area contributed by atoms with E-state index in [1.807, 2.05) is 0 Å². The van der Waals surface area contributed by atoms with Crippen LogP contribution in [-0.2, 0) is 10.1 Å². The highest BCUT2D eigenvalue weighted by atomic mass is 32.2. The molecule has 0 aliphatic heterocycles. The second-order valence-electron chi connectivity index (χ2n) is 3.96. The number of rotatable bonds is 2. The van der Waals surface area contributed by atoms with Crippen molar-refractivity contribution in [1.82, 2.24) is 10.4 Å². The van der Waals surface area contributed by atoms with Gasteiger partial charge >= 0.3 is 0 Å². The summed E-state index contributed by atoms with van der Waals surface area (Å²) in [5.74, 6) is 0. The van der Waals surface area contributed by atoms with Crippen LogP contribution in [0.1, 0.15) is 0 Å². The predicted molar refractivity (Wildman–Crippen MR) is 65.8 cm³/mol. The average Bonchev–Trinajstić information content (AvgIpc) is 2.84. The number of benzene rings is 2. The molecule has 1 N–H and O–H groups in total. The fraction of sp³-hybridized carbons (Fsp3) is 0. The Morgan fingerprint density at radius 2 is 2.00 bits per heavy atom.